The molecule has 0 radical (unpaired) electrons. The van der Waals surface area contributed by atoms with E-state index < -0.39 is 5.97 Å². The number of aromatic carboxylic acids is 1. The van der Waals surface area contributed by atoms with Crippen molar-refractivity contribution >= 4 is 51.2 Å². The van der Waals surface area contributed by atoms with Crippen LogP contribution in [0.25, 0.3) is 22.4 Å². The lowest BCUT2D eigenvalue weighted by Crippen LogP contribution is -1.98. The summed E-state index contributed by atoms with van der Waals surface area (Å²) in [4.78, 5) is 15.7. The van der Waals surface area contributed by atoms with E-state index in [9.17, 15) is 9.90 Å². The topological polar surface area (TPSA) is 115 Å². The number of nitrogen functional groups attached to an aromatic ring is 2. The molecule has 5 N–H and O–H groups in total. The van der Waals surface area contributed by atoms with Gasteiger partial charge in [0.1, 0.15) is 11.4 Å². The number of carbonyl (C=O) groups is 1. The van der Waals surface area contributed by atoms with Gasteiger partial charge in [-0.15, -0.1) is 0 Å². The van der Waals surface area contributed by atoms with Crippen molar-refractivity contribution in [3.63, 3.8) is 0 Å². The number of carboxylic acid groups (broad SMARTS) is 1. The number of fused-ring (bicyclic) bond motifs is 1. The number of pyridine rings is 1. The summed E-state index contributed by atoms with van der Waals surface area (Å²) in [5.74, 6) is -0.535. The second-order valence-electron chi connectivity index (χ2n) is 4.44. The summed E-state index contributed by atoms with van der Waals surface area (Å²) in [6, 6.07) is 8.42. The van der Waals surface area contributed by atoms with Crippen LogP contribution in [-0.2, 0) is 0 Å². The van der Waals surface area contributed by atoms with E-state index in [-0.39, 0.29) is 17.0 Å². The summed E-state index contributed by atoms with van der Waals surface area (Å²) in [5, 5.41) is 9.91. The van der Waals surface area contributed by atoms with E-state index in [1.165, 1.54) is 0 Å². The van der Waals surface area contributed by atoms with Gasteiger partial charge >= 0.3 is 5.97 Å². The number of nitrogens with two attached hydrogens (primary N) is 2. The zero-order valence-corrected chi connectivity index (χ0v) is 12.8. The molecule has 0 atom stereocenters. The van der Waals surface area contributed by atoms with E-state index in [4.69, 9.17) is 15.9 Å². The lowest BCUT2D eigenvalue weighted by Gasteiger charge is -1.99. The number of anilines is 2. The van der Waals surface area contributed by atoms with E-state index in [0.29, 0.717) is 26.0 Å². The molecule has 0 aliphatic rings. The van der Waals surface area contributed by atoms with E-state index in [1.807, 2.05) is 22.6 Å². The highest BCUT2D eigenvalue weighted by Crippen LogP contribution is 2.34. The minimum absolute atomic E-state index is 0.0696. The Morgan fingerprint density at radius 2 is 1.90 bits per heavy atom. The Hall–Kier alpha value is -2.29. The molecule has 0 amide bonds. The summed E-state index contributed by atoms with van der Waals surface area (Å²) in [7, 11) is 0. The van der Waals surface area contributed by atoms with Gasteiger partial charge in [-0.2, -0.15) is 4.98 Å². The molecular formula is C14H10IN3O3. The van der Waals surface area contributed by atoms with Crippen molar-refractivity contribution in [3.05, 3.63) is 39.5 Å². The number of hydrogen-bond donors (Lipinski definition) is 3. The Morgan fingerprint density at radius 3 is 2.52 bits per heavy atom. The molecule has 0 aliphatic heterocycles. The summed E-state index contributed by atoms with van der Waals surface area (Å²) >= 11 is 2.00. The fraction of sp³-hybridized carbons (Fsp3) is 0. The molecule has 0 spiro atoms. The number of carboxylic acids is 1. The third-order valence-corrected chi connectivity index (χ3v) is 3.91. The quantitative estimate of drug-likeness (QED) is 0.454. The maximum absolute atomic E-state index is 11.6. The minimum atomic E-state index is -1.08. The zero-order chi connectivity index (χ0) is 15.1. The van der Waals surface area contributed by atoms with E-state index in [0.717, 1.165) is 0 Å². The number of rotatable bonds is 2. The highest BCUT2D eigenvalue weighted by molar-refractivity contribution is 14.1. The Labute approximate surface area is 132 Å². The fourth-order valence-corrected chi connectivity index (χ4v) is 2.49. The first-order valence-electron chi connectivity index (χ1n) is 5.95. The number of hydrogen-bond acceptors (Lipinski definition) is 5. The van der Waals surface area contributed by atoms with Crippen molar-refractivity contribution in [2.24, 2.45) is 0 Å². The SMILES string of the molecule is Nc1ccc(-c2oc3nc(N)c(I)cc3c2C(=O)O)cc1. The van der Waals surface area contributed by atoms with Crippen molar-refractivity contribution in [2.45, 2.75) is 0 Å². The lowest BCUT2D eigenvalue weighted by molar-refractivity contribution is 0.0699. The minimum Gasteiger partial charge on any atom is -0.478 e. The van der Waals surface area contributed by atoms with Crippen LogP contribution in [0.3, 0.4) is 0 Å². The van der Waals surface area contributed by atoms with Crippen LogP contribution in [0.5, 0.6) is 0 Å². The van der Waals surface area contributed by atoms with Gasteiger partial charge < -0.3 is 21.0 Å². The van der Waals surface area contributed by atoms with Crippen LogP contribution in [-0.4, -0.2) is 16.1 Å². The molecule has 106 valence electrons. The third-order valence-electron chi connectivity index (χ3n) is 3.05. The summed E-state index contributed by atoms with van der Waals surface area (Å²) in [6.07, 6.45) is 0. The molecule has 2 aromatic heterocycles. The molecule has 21 heavy (non-hydrogen) atoms. The van der Waals surface area contributed by atoms with Gasteiger partial charge in [-0.25, -0.2) is 4.79 Å². The molecule has 0 fully saturated rings. The molecule has 7 heteroatoms. The first kappa shape index (κ1) is 13.7. The van der Waals surface area contributed by atoms with Crippen LogP contribution in [0.1, 0.15) is 10.4 Å². The van der Waals surface area contributed by atoms with Gasteiger partial charge in [0.2, 0.25) is 5.71 Å². The van der Waals surface area contributed by atoms with Crippen LogP contribution >= 0.6 is 22.6 Å². The molecule has 0 aliphatic carbocycles. The van der Waals surface area contributed by atoms with Gasteiger partial charge in [0.15, 0.2) is 5.76 Å². The van der Waals surface area contributed by atoms with Crippen molar-refractivity contribution in [1.29, 1.82) is 0 Å². The normalized spacial score (nSPS) is 10.9. The molecule has 6 nitrogen and oxygen atoms in total. The summed E-state index contributed by atoms with van der Waals surface area (Å²) in [5.41, 5.74) is 12.9. The van der Waals surface area contributed by atoms with Crippen LogP contribution in [0, 0.1) is 3.57 Å². The Kier molecular flexibility index (Phi) is 3.20. The van der Waals surface area contributed by atoms with Gasteiger partial charge in [0.05, 0.1) is 8.96 Å². The van der Waals surface area contributed by atoms with E-state index in [2.05, 4.69) is 4.98 Å². The molecule has 1 aromatic carbocycles. The highest BCUT2D eigenvalue weighted by Gasteiger charge is 2.23. The largest absolute Gasteiger partial charge is 0.478 e. The second kappa shape index (κ2) is 4.92. The Balaban J connectivity index is 2.34. The predicted molar refractivity (Wildman–Crippen MR) is 87.9 cm³/mol. The average molecular weight is 395 g/mol. The molecular weight excluding hydrogens is 385 g/mol. The molecule has 0 saturated carbocycles. The summed E-state index contributed by atoms with van der Waals surface area (Å²) in [6.45, 7) is 0. The van der Waals surface area contributed by atoms with Gasteiger partial charge in [-0.1, -0.05) is 0 Å². The monoisotopic (exact) mass is 395 g/mol. The third kappa shape index (κ3) is 2.29. The Morgan fingerprint density at radius 1 is 1.24 bits per heavy atom. The number of benzene rings is 1. The lowest BCUT2D eigenvalue weighted by atomic mass is 10.1. The van der Waals surface area contributed by atoms with Crippen LogP contribution in [0.4, 0.5) is 11.5 Å². The summed E-state index contributed by atoms with van der Waals surface area (Å²) < 4.78 is 6.28. The molecule has 3 rings (SSSR count). The standard InChI is InChI=1S/C14H10IN3O3/c15-9-5-8-10(14(19)20)11(21-13(8)18-12(9)17)6-1-3-7(16)4-2-6/h1-5H,16H2,(H2,17,18)(H,19,20). The van der Waals surface area contributed by atoms with Crippen LogP contribution in [0.2, 0.25) is 0 Å². The van der Waals surface area contributed by atoms with Crippen molar-refractivity contribution in [2.75, 3.05) is 11.5 Å². The first-order valence-corrected chi connectivity index (χ1v) is 7.03. The van der Waals surface area contributed by atoms with Crippen LogP contribution in [0.15, 0.2) is 34.7 Å². The van der Waals surface area contributed by atoms with Crippen molar-refractivity contribution in [3.8, 4) is 11.3 Å². The zero-order valence-electron chi connectivity index (χ0n) is 10.6. The maximum atomic E-state index is 11.6. The van der Waals surface area contributed by atoms with Gasteiger partial charge in [0, 0.05) is 11.3 Å². The second-order valence-corrected chi connectivity index (χ2v) is 5.60. The molecule has 3 aromatic rings. The average Bonchev–Trinajstić information content (AvgIpc) is 2.78. The highest BCUT2D eigenvalue weighted by atomic mass is 127. The predicted octanol–water partition coefficient (Wildman–Crippen LogP) is 2.96. The van der Waals surface area contributed by atoms with E-state index >= 15 is 0 Å². The number of nitrogens with zero attached hydrogens (tertiary/aromatic N) is 1. The molecule has 2 heterocycles. The molecule has 0 saturated heterocycles. The van der Waals surface area contributed by atoms with Gasteiger partial charge in [0.25, 0.3) is 0 Å². The Bertz CT molecular complexity index is 856. The smallest absolute Gasteiger partial charge is 0.340 e. The maximum Gasteiger partial charge on any atom is 0.340 e. The number of halogens is 1. The number of aromatic nitrogens is 1. The fourth-order valence-electron chi connectivity index (χ4n) is 2.06. The van der Waals surface area contributed by atoms with Gasteiger partial charge in [-0.05, 0) is 52.9 Å². The first-order chi connectivity index (χ1) is 9.97. The van der Waals surface area contributed by atoms with Gasteiger partial charge in [-0.3, -0.25) is 0 Å². The van der Waals surface area contributed by atoms with Crippen LogP contribution < -0.4 is 11.5 Å². The number of furan rings is 1. The molecule has 0 unspecified atom stereocenters. The van der Waals surface area contributed by atoms with Crippen molar-refractivity contribution < 1.29 is 14.3 Å². The van der Waals surface area contributed by atoms with Crippen molar-refractivity contribution in [1.82, 2.24) is 4.98 Å². The molecule has 0 bridgehead atoms. The van der Waals surface area contributed by atoms with E-state index in [1.54, 1.807) is 30.3 Å².